The van der Waals surface area contributed by atoms with Gasteiger partial charge < -0.3 is 15.4 Å². The zero-order chi connectivity index (χ0) is 21.5. The summed E-state index contributed by atoms with van der Waals surface area (Å²) in [5.41, 5.74) is 3.68. The maximum atomic E-state index is 12.6. The number of carbonyl (C=O) groups is 2. The molecular formula is C23H27N3O3S. The van der Waals surface area contributed by atoms with Crippen LogP contribution in [-0.2, 0) is 16.0 Å². The van der Waals surface area contributed by atoms with Crippen LogP contribution in [0.25, 0.3) is 0 Å². The van der Waals surface area contributed by atoms with Crippen LogP contribution >= 0.6 is 11.8 Å². The Labute approximate surface area is 181 Å². The highest BCUT2D eigenvalue weighted by Crippen LogP contribution is 2.30. The number of carbonyl (C=O) groups excluding carboxylic acids is 2. The lowest BCUT2D eigenvalue weighted by molar-refractivity contribution is -0.122. The number of nitrogens with one attached hydrogen (secondary N) is 2. The van der Waals surface area contributed by atoms with Crippen molar-refractivity contribution in [1.29, 1.82) is 0 Å². The lowest BCUT2D eigenvalue weighted by atomic mass is 10.1. The molecule has 1 atom stereocenters. The summed E-state index contributed by atoms with van der Waals surface area (Å²) in [4.78, 5) is 29.6. The molecule has 6 nitrogen and oxygen atoms in total. The van der Waals surface area contributed by atoms with Crippen LogP contribution in [0.1, 0.15) is 37.8 Å². The fourth-order valence-corrected chi connectivity index (χ4v) is 4.11. The molecule has 2 amide bonds. The molecule has 0 spiro atoms. The molecule has 0 unspecified atom stereocenters. The summed E-state index contributed by atoms with van der Waals surface area (Å²) in [6.45, 7) is 6.68. The normalized spacial score (nSPS) is 17.1. The number of amides is 2. The third kappa shape index (κ3) is 5.42. The minimum atomic E-state index is -0.512. The first kappa shape index (κ1) is 21.9. The van der Waals surface area contributed by atoms with Gasteiger partial charge in [0.25, 0.3) is 0 Å². The number of hydrogen-bond donors (Lipinski definition) is 2. The smallest absolute Gasteiger partial charge is 0.240 e. The summed E-state index contributed by atoms with van der Waals surface area (Å²) in [7, 11) is 0. The summed E-state index contributed by atoms with van der Waals surface area (Å²) < 4.78 is 5.68. The molecule has 0 saturated carbocycles. The second-order valence-corrected chi connectivity index (χ2v) is 8.24. The van der Waals surface area contributed by atoms with Crippen molar-refractivity contribution in [3.05, 3.63) is 53.6 Å². The Morgan fingerprint density at radius 2 is 2.00 bits per heavy atom. The van der Waals surface area contributed by atoms with E-state index in [0.717, 1.165) is 29.7 Å². The third-order valence-electron chi connectivity index (χ3n) is 4.69. The highest BCUT2D eigenvalue weighted by atomic mass is 32.2. The quantitative estimate of drug-likeness (QED) is 0.648. The summed E-state index contributed by atoms with van der Waals surface area (Å²) in [5, 5.41) is 5.69. The topological polar surface area (TPSA) is 79.8 Å². The SMILES string of the molecule is CCCOc1ccccc1NC(=O)C[C@H]1SC(=Nc2c(C)cccc2CC)NC1=O. The van der Waals surface area contributed by atoms with Gasteiger partial charge in [-0.3, -0.25) is 9.59 Å². The lowest BCUT2D eigenvalue weighted by Gasteiger charge is -2.12. The van der Waals surface area contributed by atoms with E-state index in [1.165, 1.54) is 11.8 Å². The minimum absolute atomic E-state index is 0.0615. The van der Waals surface area contributed by atoms with Gasteiger partial charge in [0.05, 0.1) is 18.0 Å². The number of hydrogen-bond acceptors (Lipinski definition) is 5. The van der Waals surface area contributed by atoms with Crippen molar-refractivity contribution >= 4 is 40.1 Å². The number of aryl methyl sites for hydroxylation is 2. The molecule has 0 aliphatic carbocycles. The largest absolute Gasteiger partial charge is 0.491 e. The van der Waals surface area contributed by atoms with Gasteiger partial charge in [0.1, 0.15) is 11.0 Å². The Morgan fingerprint density at radius 3 is 2.77 bits per heavy atom. The molecule has 1 aliphatic rings. The van der Waals surface area contributed by atoms with Gasteiger partial charge in [0.15, 0.2) is 5.17 Å². The maximum absolute atomic E-state index is 12.6. The van der Waals surface area contributed by atoms with Gasteiger partial charge in [-0.25, -0.2) is 4.99 Å². The van der Waals surface area contributed by atoms with Crippen molar-refractivity contribution in [2.45, 2.75) is 45.3 Å². The van der Waals surface area contributed by atoms with E-state index in [9.17, 15) is 9.59 Å². The van der Waals surface area contributed by atoms with Crippen molar-refractivity contribution in [3.63, 3.8) is 0 Å². The molecule has 1 aliphatic heterocycles. The number of thioether (sulfide) groups is 1. The number of rotatable bonds is 8. The van der Waals surface area contributed by atoms with Crippen LogP contribution in [0.5, 0.6) is 5.75 Å². The fourth-order valence-electron chi connectivity index (χ4n) is 3.14. The minimum Gasteiger partial charge on any atom is -0.491 e. The van der Waals surface area contributed by atoms with E-state index >= 15 is 0 Å². The molecule has 0 bridgehead atoms. The van der Waals surface area contributed by atoms with Gasteiger partial charge in [0.2, 0.25) is 11.8 Å². The van der Waals surface area contributed by atoms with E-state index < -0.39 is 5.25 Å². The van der Waals surface area contributed by atoms with Crippen LogP contribution in [0.2, 0.25) is 0 Å². The summed E-state index contributed by atoms with van der Waals surface area (Å²) >= 11 is 1.30. The number of nitrogens with zero attached hydrogens (tertiary/aromatic N) is 1. The Morgan fingerprint density at radius 1 is 1.20 bits per heavy atom. The van der Waals surface area contributed by atoms with Gasteiger partial charge in [-0.15, -0.1) is 0 Å². The zero-order valence-electron chi connectivity index (χ0n) is 17.5. The number of aliphatic imine (C=N–C) groups is 1. The number of benzene rings is 2. The first-order valence-corrected chi connectivity index (χ1v) is 11.1. The molecule has 3 rings (SSSR count). The Bertz CT molecular complexity index is 958. The van der Waals surface area contributed by atoms with Crippen molar-refractivity contribution in [2.24, 2.45) is 4.99 Å². The van der Waals surface area contributed by atoms with E-state index in [0.29, 0.717) is 23.2 Å². The third-order valence-corrected chi connectivity index (χ3v) is 5.77. The number of para-hydroxylation sites is 3. The first-order chi connectivity index (χ1) is 14.5. The van der Waals surface area contributed by atoms with Crippen LogP contribution in [0.4, 0.5) is 11.4 Å². The van der Waals surface area contributed by atoms with Crippen LogP contribution in [-0.4, -0.2) is 28.8 Å². The number of ether oxygens (including phenoxy) is 1. The molecule has 2 aromatic rings. The van der Waals surface area contributed by atoms with Gasteiger partial charge >= 0.3 is 0 Å². The number of amidine groups is 1. The Hall–Kier alpha value is -2.80. The van der Waals surface area contributed by atoms with Crippen molar-refractivity contribution < 1.29 is 14.3 Å². The van der Waals surface area contributed by atoms with Gasteiger partial charge in [-0.1, -0.05) is 55.9 Å². The first-order valence-electron chi connectivity index (χ1n) is 10.2. The van der Waals surface area contributed by atoms with E-state index in [2.05, 4.69) is 22.5 Å². The molecule has 2 N–H and O–H groups in total. The molecule has 1 heterocycles. The average molecular weight is 426 g/mol. The molecule has 1 fully saturated rings. The highest BCUT2D eigenvalue weighted by molar-refractivity contribution is 8.15. The predicted molar refractivity (Wildman–Crippen MR) is 123 cm³/mol. The standard InChI is InChI=1S/C23H27N3O3S/c1-4-13-29-18-12-7-6-11-17(18)24-20(27)14-19-22(28)26-23(30-19)25-21-15(3)9-8-10-16(21)5-2/h6-12,19H,4-5,13-14H2,1-3H3,(H,24,27)(H,25,26,28)/t19-/m1/s1. The number of anilines is 1. The van der Waals surface area contributed by atoms with Crippen LogP contribution in [0, 0.1) is 6.92 Å². The van der Waals surface area contributed by atoms with Gasteiger partial charge in [0, 0.05) is 6.42 Å². The summed E-state index contributed by atoms with van der Waals surface area (Å²) in [5.74, 6) is 0.197. The van der Waals surface area contributed by atoms with E-state index in [-0.39, 0.29) is 18.2 Å². The van der Waals surface area contributed by atoms with E-state index in [1.54, 1.807) is 6.07 Å². The molecule has 0 radical (unpaired) electrons. The Balaban J connectivity index is 1.66. The lowest BCUT2D eigenvalue weighted by Crippen LogP contribution is -2.28. The van der Waals surface area contributed by atoms with Crippen LogP contribution in [0.15, 0.2) is 47.5 Å². The Kier molecular flexibility index (Phi) is 7.52. The van der Waals surface area contributed by atoms with Crippen molar-refractivity contribution in [2.75, 3.05) is 11.9 Å². The van der Waals surface area contributed by atoms with Gasteiger partial charge in [-0.05, 0) is 43.0 Å². The van der Waals surface area contributed by atoms with E-state index in [1.807, 2.05) is 50.2 Å². The molecule has 7 heteroatoms. The van der Waals surface area contributed by atoms with Crippen LogP contribution < -0.4 is 15.4 Å². The average Bonchev–Trinajstić information content (AvgIpc) is 3.07. The summed E-state index contributed by atoms with van der Waals surface area (Å²) in [6, 6.07) is 13.4. The zero-order valence-corrected chi connectivity index (χ0v) is 18.3. The second kappa shape index (κ2) is 10.3. The second-order valence-electron chi connectivity index (χ2n) is 7.05. The summed E-state index contributed by atoms with van der Waals surface area (Å²) in [6.07, 6.45) is 1.80. The molecule has 158 valence electrons. The highest BCUT2D eigenvalue weighted by Gasteiger charge is 2.32. The van der Waals surface area contributed by atoms with Gasteiger partial charge in [-0.2, -0.15) is 0 Å². The predicted octanol–water partition coefficient (Wildman–Crippen LogP) is 4.59. The van der Waals surface area contributed by atoms with Crippen molar-refractivity contribution in [3.8, 4) is 5.75 Å². The van der Waals surface area contributed by atoms with Crippen molar-refractivity contribution in [1.82, 2.24) is 5.32 Å². The molecular weight excluding hydrogens is 398 g/mol. The molecule has 2 aromatic carbocycles. The monoisotopic (exact) mass is 425 g/mol. The molecule has 30 heavy (non-hydrogen) atoms. The fraction of sp³-hybridized carbons (Fsp3) is 0.348. The van der Waals surface area contributed by atoms with E-state index in [4.69, 9.17) is 4.74 Å². The van der Waals surface area contributed by atoms with Crippen LogP contribution in [0.3, 0.4) is 0 Å². The molecule has 1 saturated heterocycles. The maximum Gasteiger partial charge on any atom is 0.240 e. The molecule has 0 aromatic heterocycles.